The van der Waals surface area contributed by atoms with E-state index in [1.54, 1.807) is 31.2 Å². The highest BCUT2D eigenvalue weighted by molar-refractivity contribution is 7.89. The van der Waals surface area contributed by atoms with Crippen LogP contribution in [-0.4, -0.2) is 38.3 Å². The van der Waals surface area contributed by atoms with Crippen molar-refractivity contribution in [2.75, 3.05) is 19.7 Å². The lowest BCUT2D eigenvalue weighted by Crippen LogP contribution is -2.35. The predicted octanol–water partition coefficient (Wildman–Crippen LogP) is 3.00. The van der Waals surface area contributed by atoms with E-state index in [1.807, 2.05) is 0 Å². The summed E-state index contributed by atoms with van der Waals surface area (Å²) in [6.07, 6.45) is 2.81. The molecule has 1 fully saturated rings. The summed E-state index contributed by atoms with van der Waals surface area (Å²) in [5.74, 6) is -0.261. The third-order valence-electron chi connectivity index (χ3n) is 4.87. The van der Waals surface area contributed by atoms with Gasteiger partial charge in [0, 0.05) is 19.6 Å². The van der Waals surface area contributed by atoms with Gasteiger partial charge in [0.1, 0.15) is 11.6 Å². The van der Waals surface area contributed by atoms with Crippen molar-refractivity contribution in [3.8, 4) is 5.75 Å². The summed E-state index contributed by atoms with van der Waals surface area (Å²) < 4.78 is 45.7. The Morgan fingerprint density at radius 1 is 1.10 bits per heavy atom. The van der Waals surface area contributed by atoms with E-state index in [1.165, 1.54) is 22.5 Å². The molecule has 2 aromatic rings. The van der Waals surface area contributed by atoms with Crippen LogP contribution >= 0.6 is 0 Å². The lowest BCUT2D eigenvalue weighted by atomic mass is 10.1. The number of rotatable bonds is 7. The molecule has 2 aromatic carbocycles. The number of nitrogens with zero attached hydrogens (tertiary/aromatic N) is 1. The van der Waals surface area contributed by atoms with Crippen LogP contribution in [0.4, 0.5) is 4.39 Å². The van der Waals surface area contributed by atoms with E-state index >= 15 is 0 Å². The number of amides is 1. The van der Waals surface area contributed by atoms with Gasteiger partial charge in [0.15, 0.2) is 6.61 Å². The molecular weight excluding hydrogens is 395 g/mol. The van der Waals surface area contributed by atoms with Crippen LogP contribution in [-0.2, 0) is 21.4 Å². The normalized spacial score (nSPS) is 15.1. The number of hydrogen-bond acceptors (Lipinski definition) is 4. The molecule has 0 aliphatic carbocycles. The third kappa shape index (κ3) is 5.55. The number of piperidine rings is 1. The average Bonchev–Trinajstić information content (AvgIpc) is 2.74. The van der Waals surface area contributed by atoms with Crippen LogP contribution in [0.5, 0.6) is 5.75 Å². The van der Waals surface area contributed by atoms with Crippen molar-refractivity contribution in [2.24, 2.45) is 0 Å². The Kier molecular flexibility index (Phi) is 6.87. The van der Waals surface area contributed by atoms with Crippen LogP contribution in [0.2, 0.25) is 0 Å². The summed E-state index contributed by atoms with van der Waals surface area (Å²) in [6, 6.07) is 10.9. The van der Waals surface area contributed by atoms with Crippen molar-refractivity contribution in [2.45, 2.75) is 37.6 Å². The molecule has 0 radical (unpaired) electrons. The number of carbonyl (C=O) groups is 1. The monoisotopic (exact) mass is 420 g/mol. The first-order valence-corrected chi connectivity index (χ1v) is 11.0. The minimum Gasteiger partial charge on any atom is -0.484 e. The standard InChI is InChI=1S/C21H25FN2O4S/c1-16-5-6-17(13-20(16)22)14-23-21(25)15-28-18-7-9-19(10-8-18)29(26,27)24-11-3-2-4-12-24/h5-10,13H,2-4,11-12,14-15H2,1H3,(H,23,25). The Morgan fingerprint density at radius 3 is 2.45 bits per heavy atom. The molecule has 0 bridgehead atoms. The van der Waals surface area contributed by atoms with Crippen molar-refractivity contribution in [3.63, 3.8) is 0 Å². The largest absolute Gasteiger partial charge is 0.484 e. The Bertz CT molecular complexity index is 955. The third-order valence-corrected chi connectivity index (χ3v) is 6.79. The van der Waals surface area contributed by atoms with Gasteiger partial charge in [-0.1, -0.05) is 18.6 Å². The molecule has 29 heavy (non-hydrogen) atoms. The average molecular weight is 421 g/mol. The summed E-state index contributed by atoms with van der Waals surface area (Å²) in [7, 11) is -3.49. The lowest BCUT2D eigenvalue weighted by Gasteiger charge is -2.25. The number of aryl methyl sites for hydroxylation is 1. The van der Waals surface area contributed by atoms with E-state index in [0.717, 1.165) is 19.3 Å². The minimum atomic E-state index is -3.49. The predicted molar refractivity (Wildman–Crippen MR) is 108 cm³/mol. The van der Waals surface area contributed by atoms with E-state index in [2.05, 4.69) is 5.32 Å². The van der Waals surface area contributed by atoms with Gasteiger partial charge in [-0.3, -0.25) is 4.79 Å². The van der Waals surface area contributed by atoms with E-state index in [-0.39, 0.29) is 29.8 Å². The van der Waals surface area contributed by atoms with Crippen molar-refractivity contribution in [3.05, 3.63) is 59.4 Å². The highest BCUT2D eigenvalue weighted by atomic mass is 32.2. The van der Waals surface area contributed by atoms with E-state index in [4.69, 9.17) is 4.74 Å². The van der Waals surface area contributed by atoms with Crippen LogP contribution in [0, 0.1) is 12.7 Å². The molecule has 0 spiro atoms. The van der Waals surface area contributed by atoms with Crippen molar-refractivity contribution < 1.29 is 22.3 Å². The zero-order valence-corrected chi connectivity index (χ0v) is 17.2. The van der Waals surface area contributed by atoms with Crippen LogP contribution < -0.4 is 10.1 Å². The van der Waals surface area contributed by atoms with Gasteiger partial charge in [0.2, 0.25) is 10.0 Å². The summed E-state index contributed by atoms with van der Waals surface area (Å²) >= 11 is 0. The van der Waals surface area contributed by atoms with Gasteiger partial charge in [-0.15, -0.1) is 0 Å². The van der Waals surface area contributed by atoms with Crippen LogP contribution in [0.15, 0.2) is 47.4 Å². The maximum atomic E-state index is 13.5. The summed E-state index contributed by atoms with van der Waals surface area (Å²) in [5, 5.41) is 2.66. The summed E-state index contributed by atoms with van der Waals surface area (Å²) in [4.78, 5) is 12.2. The molecule has 8 heteroatoms. The first-order valence-electron chi connectivity index (χ1n) is 9.61. The van der Waals surface area contributed by atoms with Gasteiger partial charge < -0.3 is 10.1 Å². The van der Waals surface area contributed by atoms with Gasteiger partial charge >= 0.3 is 0 Å². The molecule has 1 heterocycles. The van der Waals surface area contributed by atoms with E-state index < -0.39 is 10.0 Å². The Labute approximate surface area is 170 Å². The molecule has 0 unspecified atom stereocenters. The van der Waals surface area contributed by atoms with Crippen LogP contribution in [0.25, 0.3) is 0 Å². The maximum Gasteiger partial charge on any atom is 0.258 e. The molecule has 1 saturated heterocycles. The SMILES string of the molecule is Cc1ccc(CNC(=O)COc2ccc(S(=O)(=O)N3CCCCC3)cc2)cc1F. The molecule has 1 N–H and O–H groups in total. The van der Waals surface area contributed by atoms with Gasteiger partial charge in [-0.25, -0.2) is 12.8 Å². The van der Waals surface area contributed by atoms with Crippen molar-refractivity contribution >= 4 is 15.9 Å². The van der Waals surface area contributed by atoms with Crippen LogP contribution in [0.3, 0.4) is 0 Å². The number of halogens is 1. The Morgan fingerprint density at radius 2 is 1.79 bits per heavy atom. The fourth-order valence-corrected chi connectivity index (χ4v) is 4.63. The second-order valence-electron chi connectivity index (χ2n) is 7.09. The van der Waals surface area contributed by atoms with Gasteiger partial charge in [-0.05, 0) is 61.2 Å². The lowest BCUT2D eigenvalue weighted by molar-refractivity contribution is -0.123. The highest BCUT2D eigenvalue weighted by Gasteiger charge is 2.25. The second kappa shape index (κ2) is 9.37. The number of ether oxygens (including phenoxy) is 1. The fourth-order valence-electron chi connectivity index (χ4n) is 3.11. The topological polar surface area (TPSA) is 75.7 Å². The molecule has 6 nitrogen and oxygen atoms in total. The molecule has 1 aliphatic rings. The number of hydrogen-bond donors (Lipinski definition) is 1. The zero-order chi connectivity index (χ0) is 20.9. The first-order chi connectivity index (χ1) is 13.9. The second-order valence-corrected chi connectivity index (χ2v) is 9.02. The number of carbonyl (C=O) groups excluding carboxylic acids is 1. The fraction of sp³-hybridized carbons (Fsp3) is 0.381. The van der Waals surface area contributed by atoms with Crippen molar-refractivity contribution in [1.29, 1.82) is 0 Å². The molecule has 0 saturated carbocycles. The molecule has 1 amide bonds. The van der Waals surface area contributed by atoms with Gasteiger partial charge in [-0.2, -0.15) is 4.31 Å². The highest BCUT2D eigenvalue weighted by Crippen LogP contribution is 2.22. The van der Waals surface area contributed by atoms with E-state index in [9.17, 15) is 17.6 Å². The Hall–Kier alpha value is -2.45. The molecule has 0 atom stereocenters. The zero-order valence-electron chi connectivity index (χ0n) is 16.4. The number of sulfonamides is 1. The van der Waals surface area contributed by atoms with Gasteiger partial charge in [0.25, 0.3) is 5.91 Å². The smallest absolute Gasteiger partial charge is 0.258 e. The first kappa shape index (κ1) is 21.3. The molecule has 1 aliphatic heterocycles. The maximum absolute atomic E-state index is 13.5. The molecule has 0 aromatic heterocycles. The molecule has 3 rings (SSSR count). The quantitative estimate of drug-likeness (QED) is 0.747. The summed E-state index contributed by atoms with van der Waals surface area (Å²) in [5.41, 5.74) is 1.21. The molecule has 156 valence electrons. The molecular formula is C21H25FN2O4S. The number of benzene rings is 2. The Balaban J connectivity index is 1.50. The van der Waals surface area contributed by atoms with Crippen LogP contribution in [0.1, 0.15) is 30.4 Å². The minimum absolute atomic E-state index is 0.201. The van der Waals surface area contributed by atoms with Gasteiger partial charge in [0.05, 0.1) is 4.90 Å². The number of nitrogens with one attached hydrogen (secondary N) is 1. The van der Waals surface area contributed by atoms with Crippen molar-refractivity contribution in [1.82, 2.24) is 9.62 Å². The van der Waals surface area contributed by atoms with E-state index in [0.29, 0.717) is 30.0 Å². The summed E-state index contributed by atoms with van der Waals surface area (Å²) in [6.45, 7) is 2.75.